The highest BCUT2D eigenvalue weighted by Gasteiger charge is 2.19. The van der Waals surface area contributed by atoms with Gasteiger partial charge in [0.25, 0.3) is 5.89 Å². The van der Waals surface area contributed by atoms with E-state index in [1.165, 1.54) is 26.0 Å². The minimum atomic E-state index is -0.270. The van der Waals surface area contributed by atoms with Crippen LogP contribution in [0.5, 0.6) is 11.5 Å². The zero-order chi connectivity index (χ0) is 23.4. The third-order valence-corrected chi connectivity index (χ3v) is 5.88. The van der Waals surface area contributed by atoms with Crippen LogP contribution in [0.25, 0.3) is 23.1 Å². The number of aromatic nitrogens is 5. The van der Waals surface area contributed by atoms with Gasteiger partial charge >= 0.3 is 0 Å². The molecule has 0 aliphatic rings. The van der Waals surface area contributed by atoms with Crippen molar-refractivity contribution in [3.8, 4) is 34.6 Å². The van der Waals surface area contributed by atoms with Gasteiger partial charge in [0.2, 0.25) is 17.6 Å². The molecular formula is C21H19ClN6O4S. The molecule has 12 heteroatoms. The highest BCUT2D eigenvalue weighted by molar-refractivity contribution is 7.99. The summed E-state index contributed by atoms with van der Waals surface area (Å²) in [6.07, 6.45) is 0. The lowest BCUT2D eigenvalue weighted by Gasteiger charge is -2.13. The van der Waals surface area contributed by atoms with E-state index in [1.807, 2.05) is 30.3 Å². The second-order valence-corrected chi connectivity index (χ2v) is 8.03. The molecule has 1 amide bonds. The number of hydrogen-bond donors (Lipinski definition) is 1. The summed E-state index contributed by atoms with van der Waals surface area (Å²) in [4.78, 5) is 16.9. The molecule has 2 heterocycles. The molecular weight excluding hydrogens is 468 g/mol. The number of rotatable bonds is 8. The van der Waals surface area contributed by atoms with Gasteiger partial charge in [-0.1, -0.05) is 58.9 Å². The first kappa shape index (κ1) is 22.6. The molecule has 0 unspecified atom stereocenters. The van der Waals surface area contributed by atoms with Crippen molar-refractivity contribution in [2.45, 2.75) is 5.16 Å². The first-order valence-electron chi connectivity index (χ1n) is 9.63. The van der Waals surface area contributed by atoms with Crippen LogP contribution in [-0.2, 0) is 11.8 Å². The molecule has 170 valence electrons. The van der Waals surface area contributed by atoms with E-state index in [2.05, 4.69) is 25.7 Å². The van der Waals surface area contributed by atoms with Crippen LogP contribution in [0.2, 0.25) is 5.02 Å². The fourth-order valence-electron chi connectivity index (χ4n) is 2.92. The van der Waals surface area contributed by atoms with Gasteiger partial charge < -0.3 is 23.9 Å². The number of amides is 1. The van der Waals surface area contributed by atoms with Crippen molar-refractivity contribution in [1.82, 2.24) is 24.9 Å². The van der Waals surface area contributed by atoms with Gasteiger partial charge in [0, 0.05) is 18.7 Å². The molecule has 0 atom stereocenters. The van der Waals surface area contributed by atoms with E-state index in [0.29, 0.717) is 39.0 Å². The molecule has 0 radical (unpaired) electrons. The lowest BCUT2D eigenvalue weighted by Crippen LogP contribution is -2.15. The Morgan fingerprint density at radius 3 is 2.64 bits per heavy atom. The molecule has 10 nitrogen and oxygen atoms in total. The molecule has 0 fully saturated rings. The molecule has 0 aliphatic carbocycles. The van der Waals surface area contributed by atoms with Crippen LogP contribution in [0.1, 0.15) is 0 Å². The highest BCUT2D eigenvalue weighted by atomic mass is 35.5. The molecule has 0 spiro atoms. The maximum absolute atomic E-state index is 12.5. The van der Waals surface area contributed by atoms with Gasteiger partial charge in [-0.3, -0.25) is 4.79 Å². The SMILES string of the molecule is COc1cc(OC)c(NC(=O)CSc2nnc(-c3nc(-c4ccccc4)no3)n2C)cc1Cl. The first-order chi connectivity index (χ1) is 16.0. The predicted molar refractivity (Wildman–Crippen MR) is 124 cm³/mol. The fraction of sp³-hybridized carbons (Fsp3) is 0.190. The molecule has 0 saturated carbocycles. The van der Waals surface area contributed by atoms with Crippen molar-refractivity contribution >= 4 is 35.0 Å². The van der Waals surface area contributed by atoms with Crippen LogP contribution in [0.4, 0.5) is 5.69 Å². The van der Waals surface area contributed by atoms with E-state index in [-0.39, 0.29) is 17.6 Å². The van der Waals surface area contributed by atoms with Crippen LogP contribution < -0.4 is 14.8 Å². The van der Waals surface area contributed by atoms with Crippen LogP contribution in [-0.4, -0.2) is 50.8 Å². The van der Waals surface area contributed by atoms with Gasteiger partial charge in [-0.25, -0.2) is 0 Å². The van der Waals surface area contributed by atoms with Crippen molar-refractivity contribution in [2.75, 3.05) is 25.3 Å². The topological polar surface area (TPSA) is 117 Å². The molecule has 0 saturated heterocycles. The van der Waals surface area contributed by atoms with E-state index in [4.69, 9.17) is 25.6 Å². The Hall–Kier alpha value is -3.57. The zero-order valence-corrected chi connectivity index (χ0v) is 19.5. The van der Waals surface area contributed by atoms with Crippen molar-refractivity contribution in [2.24, 2.45) is 7.05 Å². The Bertz CT molecular complexity index is 1280. The third kappa shape index (κ3) is 4.94. The van der Waals surface area contributed by atoms with Crippen LogP contribution in [0.3, 0.4) is 0 Å². The monoisotopic (exact) mass is 486 g/mol. The number of benzene rings is 2. The summed E-state index contributed by atoms with van der Waals surface area (Å²) in [7, 11) is 4.75. The van der Waals surface area contributed by atoms with Crippen LogP contribution >= 0.6 is 23.4 Å². The van der Waals surface area contributed by atoms with Gasteiger partial charge in [-0.05, 0) is 6.07 Å². The van der Waals surface area contributed by atoms with E-state index in [0.717, 1.165) is 5.56 Å². The van der Waals surface area contributed by atoms with Gasteiger partial charge in [0.05, 0.1) is 30.7 Å². The van der Waals surface area contributed by atoms with Crippen molar-refractivity contribution in [1.29, 1.82) is 0 Å². The Kier molecular flexibility index (Phi) is 6.80. The lowest BCUT2D eigenvalue weighted by atomic mass is 10.2. The Labute approximate surface area is 198 Å². The highest BCUT2D eigenvalue weighted by Crippen LogP contribution is 2.36. The summed E-state index contributed by atoms with van der Waals surface area (Å²) in [6.45, 7) is 0. The molecule has 2 aromatic heterocycles. The number of thioether (sulfide) groups is 1. The summed E-state index contributed by atoms with van der Waals surface area (Å²) >= 11 is 7.37. The summed E-state index contributed by atoms with van der Waals surface area (Å²) in [5.74, 6) is 1.78. The Morgan fingerprint density at radius 2 is 1.91 bits per heavy atom. The number of hydrogen-bond acceptors (Lipinski definition) is 9. The molecule has 1 N–H and O–H groups in total. The largest absolute Gasteiger partial charge is 0.495 e. The van der Waals surface area contributed by atoms with E-state index < -0.39 is 0 Å². The summed E-state index contributed by atoms with van der Waals surface area (Å²) in [5.41, 5.74) is 1.27. The molecule has 4 rings (SSSR count). The number of nitrogens with one attached hydrogen (secondary N) is 1. The third-order valence-electron chi connectivity index (χ3n) is 4.56. The van der Waals surface area contributed by atoms with Crippen LogP contribution in [0.15, 0.2) is 52.1 Å². The zero-order valence-electron chi connectivity index (χ0n) is 17.9. The number of halogens is 1. The second-order valence-electron chi connectivity index (χ2n) is 6.68. The molecule has 0 aliphatic heterocycles. The normalized spacial score (nSPS) is 10.8. The number of anilines is 1. The summed E-state index contributed by atoms with van der Waals surface area (Å²) < 4.78 is 17.5. The summed E-state index contributed by atoms with van der Waals surface area (Å²) in [6, 6.07) is 12.6. The van der Waals surface area contributed by atoms with E-state index in [1.54, 1.807) is 23.7 Å². The average molecular weight is 487 g/mol. The number of nitrogens with zero attached hydrogens (tertiary/aromatic N) is 5. The van der Waals surface area contributed by atoms with E-state index >= 15 is 0 Å². The van der Waals surface area contributed by atoms with Crippen molar-refractivity contribution < 1.29 is 18.8 Å². The van der Waals surface area contributed by atoms with Crippen molar-refractivity contribution in [3.63, 3.8) is 0 Å². The number of carbonyl (C=O) groups excluding carboxylic acids is 1. The minimum absolute atomic E-state index is 0.0812. The number of carbonyl (C=O) groups is 1. The predicted octanol–water partition coefficient (Wildman–Crippen LogP) is 3.93. The van der Waals surface area contributed by atoms with E-state index in [9.17, 15) is 4.79 Å². The molecule has 0 bridgehead atoms. The smallest absolute Gasteiger partial charge is 0.296 e. The second kappa shape index (κ2) is 9.92. The molecule has 33 heavy (non-hydrogen) atoms. The maximum atomic E-state index is 12.5. The average Bonchev–Trinajstić information content (AvgIpc) is 3.45. The number of methoxy groups -OCH3 is 2. The fourth-order valence-corrected chi connectivity index (χ4v) is 3.87. The Morgan fingerprint density at radius 1 is 1.15 bits per heavy atom. The quantitative estimate of drug-likeness (QED) is 0.369. The lowest BCUT2D eigenvalue weighted by molar-refractivity contribution is -0.113. The van der Waals surface area contributed by atoms with Gasteiger partial charge in [0.15, 0.2) is 5.16 Å². The molecule has 4 aromatic rings. The maximum Gasteiger partial charge on any atom is 0.296 e. The standard InChI is InChI=1S/C21H19ClN6O4S/c1-28-19(20-24-18(27-32-20)12-7-5-4-6-8-12)25-26-21(28)33-11-17(29)23-14-9-13(22)15(30-2)10-16(14)31-3/h4-10H,11H2,1-3H3,(H,23,29). The molecule has 2 aromatic carbocycles. The van der Waals surface area contributed by atoms with Gasteiger partial charge in [-0.15, -0.1) is 10.2 Å². The minimum Gasteiger partial charge on any atom is -0.495 e. The number of ether oxygens (including phenoxy) is 2. The van der Waals surface area contributed by atoms with Gasteiger partial charge in [0.1, 0.15) is 11.5 Å². The van der Waals surface area contributed by atoms with Crippen LogP contribution in [0, 0.1) is 0 Å². The summed E-state index contributed by atoms with van der Waals surface area (Å²) in [5, 5.41) is 15.9. The Balaban J connectivity index is 1.43. The van der Waals surface area contributed by atoms with Crippen molar-refractivity contribution in [3.05, 3.63) is 47.5 Å². The van der Waals surface area contributed by atoms with Gasteiger partial charge in [-0.2, -0.15) is 4.98 Å². The first-order valence-corrected chi connectivity index (χ1v) is 11.0.